The van der Waals surface area contributed by atoms with Gasteiger partial charge in [-0.1, -0.05) is 18.2 Å². The number of benzene rings is 2. The largest absolute Gasteiger partial charge is 0.361 e. The molecule has 26 heavy (non-hydrogen) atoms. The molecule has 0 aliphatic carbocycles. The summed E-state index contributed by atoms with van der Waals surface area (Å²) in [4.78, 5) is 27.1. The first-order valence-electron chi connectivity index (χ1n) is 8.53. The van der Waals surface area contributed by atoms with Crippen LogP contribution in [0.15, 0.2) is 54.7 Å². The number of carbonyl (C=O) groups is 2. The zero-order valence-corrected chi connectivity index (χ0v) is 14.8. The van der Waals surface area contributed by atoms with Crippen LogP contribution in [0.2, 0.25) is 0 Å². The van der Waals surface area contributed by atoms with Crippen molar-refractivity contribution in [1.82, 2.24) is 10.3 Å². The Labute approximate surface area is 152 Å². The van der Waals surface area contributed by atoms with Gasteiger partial charge in [-0.2, -0.15) is 0 Å². The van der Waals surface area contributed by atoms with E-state index in [2.05, 4.69) is 20.9 Å². The van der Waals surface area contributed by atoms with Crippen molar-refractivity contribution in [3.05, 3.63) is 60.3 Å². The summed E-state index contributed by atoms with van der Waals surface area (Å²) in [6.45, 7) is 3.79. The molecule has 0 atom stereocenters. The second-order valence-electron chi connectivity index (χ2n) is 6.41. The van der Waals surface area contributed by atoms with Crippen molar-refractivity contribution in [2.24, 2.45) is 0 Å². The molecule has 0 aliphatic heterocycles. The summed E-state index contributed by atoms with van der Waals surface area (Å²) in [5.41, 5.74) is 3.33. The van der Waals surface area contributed by atoms with E-state index in [4.69, 9.17) is 0 Å². The van der Waals surface area contributed by atoms with Gasteiger partial charge in [0.2, 0.25) is 5.91 Å². The summed E-state index contributed by atoms with van der Waals surface area (Å²) in [5, 5.41) is 9.43. The van der Waals surface area contributed by atoms with E-state index in [0.29, 0.717) is 17.8 Å². The second kappa shape index (κ2) is 7.74. The summed E-state index contributed by atoms with van der Waals surface area (Å²) in [6, 6.07) is 14.7. The highest BCUT2D eigenvalue weighted by atomic mass is 16.2. The molecule has 0 radical (unpaired) electrons. The molecule has 3 aromatic rings. The highest BCUT2D eigenvalue weighted by Crippen LogP contribution is 2.19. The van der Waals surface area contributed by atoms with Crippen molar-refractivity contribution in [1.29, 1.82) is 0 Å². The van der Waals surface area contributed by atoms with Gasteiger partial charge in [0.15, 0.2) is 0 Å². The van der Waals surface area contributed by atoms with E-state index in [1.807, 2.05) is 44.3 Å². The molecule has 0 bridgehead atoms. The average Bonchev–Trinajstić information content (AvgIpc) is 2.99. The number of aromatic amines is 1. The first-order valence-corrected chi connectivity index (χ1v) is 8.53. The number of hydrogen-bond donors (Lipinski definition) is 4. The van der Waals surface area contributed by atoms with Gasteiger partial charge in [0.25, 0.3) is 0 Å². The Kier molecular flexibility index (Phi) is 5.22. The smallest absolute Gasteiger partial charge is 0.319 e. The lowest BCUT2D eigenvalue weighted by atomic mass is 10.1. The average molecular weight is 350 g/mol. The Morgan fingerprint density at radius 2 is 1.62 bits per heavy atom. The number of fused-ring (bicyclic) bond motifs is 1. The van der Waals surface area contributed by atoms with Crippen LogP contribution in [0, 0.1) is 0 Å². The van der Waals surface area contributed by atoms with Crippen LogP contribution in [0.4, 0.5) is 16.2 Å². The minimum absolute atomic E-state index is 0.0677. The molecule has 0 unspecified atom stereocenters. The van der Waals surface area contributed by atoms with Crippen LogP contribution in [0.3, 0.4) is 0 Å². The van der Waals surface area contributed by atoms with E-state index >= 15 is 0 Å². The van der Waals surface area contributed by atoms with Crippen LogP contribution >= 0.6 is 0 Å². The number of amides is 3. The van der Waals surface area contributed by atoms with E-state index in [1.54, 1.807) is 24.3 Å². The lowest BCUT2D eigenvalue weighted by molar-refractivity contribution is -0.115. The molecule has 134 valence electrons. The van der Waals surface area contributed by atoms with E-state index < -0.39 is 0 Å². The molecule has 0 saturated carbocycles. The van der Waals surface area contributed by atoms with Gasteiger partial charge in [-0.05, 0) is 49.7 Å². The number of H-pyrrole nitrogens is 1. The van der Waals surface area contributed by atoms with E-state index in [1.165, 1.54) is 0 Å². The predicted molar refractivity (Wildman–Crippen MR) is 104 cm³/mol. The van der Waals surface area contributed by atoms with Crippen LogP contribution in [-0.4, -0.2) is 23.0 Å². The highest BCUT2D eigenvalue weighted by molar-refractivity contribution is 5.96. The number of anilines is 2. The molecule has 0 saturated heterocycles. The molecule has 1 heterocycles. The summed E-state index contributed by atoms with van der Waals surface area (Å²) < 4.78 is 0. The fraction of sp³-hybridized carbons (Fsp3) is 0.200. The molecule has 6 heteroatoms. The fourth-order valence-corrected chi connectivity index (χ4v) is 2.72. The zero-order valence-electron chi connectivity index (χ0n) is 14.8. The first-order chi connectivity index (χ1) is 12.5. The lowest BCUT2D eigenvalue weighted by Gasteiger charge is -2.11. The van der Waals surface area contributed by atoms with Gasteiger partial charge >= 0.3 is 6.03 Å². The van der Waals surface area contributed by atoms with Gasteiger partial charge in [0.1, 0.15) is 0 Å². The topological polar surface area (TPSA) is 86.0 Å². The van der Waals surface area contributed by atoms with Gasteiger partial charge in [0, 0.05) is 34.5 Å². The van der Waals surface area contributed by atoms with Crippen LogP contribution < -0.4 is 16.0 Å². The molecule has 0 spiro atoms. The molecule has 6 nitrogen and oxygen atoms in total. The monoisotopic (exact) mass is 350 g/mol. The Bertz CT molecular complexity index is 913. The molecule has 0 aliphatic rings. The SMILES string of the molecule is CC(C)NC(=O)Nc1ccc(NC(=O)Cc2c[nH]c3ccccc23)cc1. The number of para-hydroxylation sites is 1. The van der Waals surface area contributed by atoms with Crippen molar-refractivity contribution in [3.8, 4) is 0 Å². The quantitative estimate of drug-likeness (QED) is 0.563. The standard InChI is InChI=1S/C20H22N4O2/c1-13(2)22-20(26)24-16-9-7-15(8-10-16)23-19(25)11-14-12-21-18-6-4-3-5-17(14)18/h3-10,12-13,21H,11H2,1-2H3,(H,23,25)(H2,22,24,26). The molecule has 3 amide bonds. The molecular formula is C20H22N4O2. The normalized spacial score (nSPS) is 10.7. The third kappa shape index (κ3) is 4.42. The molecular weight excluding hydrogens is 328 g/mol. The second-order valence-corrected chi connectivity index (χ2v) is 6.41. The van der Waals surface area contributed by atoms with Gasteiger partial charge in [-0.25, -0.2) is 4.79 Å². The number of nitrogens with one attached hydrogen (secondary N) is 4. The minimum atomic E-state index is -0.254. The summed E-state index contributed by atoms with van der Waals surface area (Å²) >= 11 is 0. The maximum absolute atomic E-state index is 12.3. The third-order valence-corrected chi connectivity index (χ3v) is 3.87. The van der Waals surface area contributed by atoms with E-state index in [-0.39, 0.29) is 18.0 Å². The lowest BCUT2D eigenvalue weighted by Crippen LogP contribution is -2.34. The van der Waals surface area contributed by atoms with Crippen molar-refractivity contribution in [2.75, 3.05) is 10.6 Å². The van der Waals surface area contributed by atoms with Gasteiger partial charge in [-0.3, -0.25) is 4.79 Å². The molecule has 2 aromatic carbocycles. The number of carbonyl (C=O) groups excluding carboxylic acids is 2. The Balaban J connectivity index is 1.58. The molecule has 1 aromatic heterocycles. The van der Waals surface area contributed by atoms with Crippen LogP contribution in [0.5, 0.6) is 0 Å². The summed E-state index contributed by atoms with van der Waals surface area (Å²) in [6.07, 6.45) is 2.16. The Hall–Kier alpha value is -3.28. The maximum Gasteiger partial charge on any atom is 0.319 e. The van der Waals surface area contributed by atoms with Gasteiger partial charge < -0.3 is 20.9 Å². The summed E-state index contributed by atoms with van der Waals surface area (Å²) in [7, 11) is 0. The fourth-order valence-electron chi connectivity index (χ4n) is 2.72. The molecule has 4 N–H and O–H groups in total. The highest BCUT2D eigenvalue weighted by Gasteiger charge is 2.09. The van der Waals surface area contributed by atoms with Crippen LogP contribution in [-0.2, 0) is 11.2 Å². The third-order valence-electron chi connectivity index (χ3n) is 3.87. The van der Waals surface area contributed by atoms with Crippen LogP contribution in [0.1, 0.15) is 19.4 Å². The molecule has 0 fully saturated rings. The number of rotatable bonds is 5. The predicted octanol–water partition coefficient (Wildman–Crippen LogP) is 3.88. The first kappa shape index (κ1) is 17.5. The Morgan fingerprint density at radius 1 is 0.962 bits per heavy atom. The van der Waals surface area contributed by atoms with Crippen LogP contribution in [0.25, 0.3) is 10.9 Å². The maximum atomic E-state index is 12.3. The number of hydrogen-bond acceptors (Lipinski definition) is 2. The van der Waals surface area contributed by atoms with Crippen molar-refractivity contribution in [3.63, 3.8) is 0 Å². The zero-order chi connectivity index (χ0) is 18.5. The van der Waals surface area contributed by atoms with E-state index in [0.717, 1.165) is 16.5 Å². The van der Waals surface area contributed by atoms with Crippen molar-refractivity contribution >= 4 is 34.2 Å². The van der Waals surface area contributed by atoms with Crippen molar-refractivity contribution in [2.45, 2.75) is 26.3 Å². The van der Waals surface area contributed by atoms with Crippen molar-refractivity contribution < 1.29 is 9.59 Å². The van der Waals surface area contributed by atoms with Gasteiger partial charge in [0.05, 0.1) is 6.42 Å². The number of aromatic nitrogens is 1. The molecule has 3 rings (SSSR count). The number of urea groups is 1. The van der Waals surface area contributed by atoms with Gasteiger partial charge in [-0.15, -0.1) is 0 Å². The minimum Gasteiger partial charge on any atom is -0.361 e. The van der Waals surface area contributed by atoms with E-state index in [9.17, 15) is 9.59 Å². The summed E-state index contributed by atoms with van der Waals surface area (Å²) in [5.74, 6) is -0.0898. The Morgan fingerprint density at radius 3 is 2.31 bits per heavy atom.